The van der Waals surface area contributed by atoms with E-state index in [1.54, 1.807) is 6.20 Å². The van der Waals surface area contributed by atoms with Crippen molar-refractivity contribution in [3.63, 3.8) is 0 Å². The van der Waals surface area contributed by atoms with Crippen LogP contribution in [0.25, 0.3) is 0 Å². The zero-order chi connectivity index (χ0) is 12.3. The van der Waals surface area contributed by atoms with Gasteiger partial charge >= 0.3 is 0 Å². The second-order valence-electron chi connectivity index (χ2n) is 4.73. The average molecular weight is 256 g/mol. The van der Waals surface area contributed by atoms with E-state index < -0.39 is 0 Å². The van der Waals surface area contributed by atoms with Crippen LogP contribution in [0.2, 0.25) is 5.28 Å². The standard InChI is InChI=1S/C12H18ClN3O/c1-8-6-15-12(13)16-11(8)14-7-9-2-4-10(17)5-3-9/h6,9-10,17H,2-5,7H2,1H3,(H,14,15,16). The Morgan fingerprint density at radius 2 is 2.12 bits per heavy atom. The fourth-order valence-electron chi connectivity index (χ4n) is 2.19. The normalized spacial score (nSPS) is 24.6. The Hall–Kier alpha value is -0.870. The third kappa shape index (κ3) is 3.54. The molecular formula is C12H18ClN3O. The molecule has 0 radical (unpaired) electrons. The second kappa shape index (κ2) is 5.65. The van der Waals surface area contributed by atoms with E-state index in [9.17, 15) is 5.11 Å². The summed E-state index contributed by atoms with van der Waals surface area (Å²) in [6.45, 7) is 2.85. The fourth-order valence-corrected chi connectivity index (χ4v) is 2.32. The van der Waals surface area contributed by atoms with Crippen molar-refractivity contribution in [2.75, 3.05) is 11.9 Å². The predicted molar refractivity (Wildman–Crippen MR) is 68.2 cm³/mol. The van der Waals surface area contributed by atoms with Gasteiger partial charge in [-0.3, -0.25) is 0 Å². The van der Waals surface area contributed by atoms with Gasteiger partial charge in [-0.2, -0.15) is 0 Å². The first-order valence-electron chi connectivity index (χ1n) is 6.06. The van der Waals surface area contributed by atoms with Crippen molar-refractivity contribution < 1.29 is 5.11 Å². The van der Waals surface area contributed by atoms with Crippen LogP contribution in [-0.4, -0.2) is 27.7 Å². The van der Waals surface area contributed by atoms with Crippen LogP contribution < -0.4 is 5.32 Å². The number of halogens is 1. The van der Waals surface area contributed by atoms with Gasteiger partial charge in [-0.05, 0) is 50.1 Å². The Balaban J connectivity index is 1.87. The number of aromatic nitrogens is 2. The first-order chi connectivity index (χ1) is 8.15. The molecule has 0 aliphatic heterocycles. The topological polar surface area (TPSA) is 58.0 Å². The molecule has 0 atom stereocenters. The van der Waals surface area contributed by atoms with Gasteiger partial charge in [0, 0.05) is 18.3 Å². The molecule has 1 heterocycles. The highest BCUT2D eigenvalue weighted by Crippen LogP contribution is 2.24. The van der Waals surface area contributed by atoms with E-state index in [1.807, 2.05) is 6.92 Å². The van der Waals surface area contributed by atoms with Gasteiger partial charge in [0.15, 0.2) is 0 Å². The highest BCUT2D eigenvalue weighted by molar-refractivity contribution is 6.28. The largest absolute Gasteiger partial charge is 0.393 e. The smallest absolute Gasteiger partial charge is 0.224 e. The summed E-state index contributed by atoms with van der Waals surface area (Å²) < 4.78 is 0. The maximum atomic E-state index is 9.43. The van der Waals surface area contributed by atoms with Crippen LogP contribution in [0, 0.1) is 12.8 Å². The minimum absolute atomic E-state index is 0.0959. The molecule has 1 saturated carbocycles. The number of hydrogen-bond acceptors (Lipinski definition) is 4. The third-order valence-corrected chi connectivity index (χ3v) is 3.50. The van der Waals surface area contributed by atoms with Gasteiger partial charge in [-0.15, -0.1) is 0 Å². The molecule has 0 unspecified atom stereocenters. The zero-order valence-corrected chi connectivity index (χ0v) is 10.7. The van der Waals surface area contributed by atoms with Crippen LogP contribution >= 0.6 is 11.6 Å². The fraction of sp³-hybridized carbons (Fsp3) is 0.667. The van der Waals surface area contributed by atoms with Crippen molar-refractivity contribution >= 4 is 17.4 Å². The van der Waals surface area contributed by atoms with Crippen molar-refractivity contribution in [3.8, 4) is 0 Å². The Labute approximate surface area is 106 Å². The van der Waals surface area contributed by atoms with E-state index in [0.29, 0.717) is 5.92 Å². The number of rotatable bonds is 3. The van der Waals surface area contributed by atoms with Crippen LogP contribution in [-0.2, 0) is 0 Å². The lowest BCUT2D eigenvalue weighted by molar-refractivity contribution is 0.111. The molecule has 1 aromatic rings. The Morgan fingerprint density at radius 1 is 1.41 bits per heavy atom. The first-order valence-corrected chi connectivity index (χ1v) is 6.44. The molecule has 1 aliphatic rings. The van der Waals surface area contributed by atoms with E-state index >= 15 is 0 Å². The molecule has 2 rings (SSSR count). The van der Waals surface area contributed by atoms with Crippen molar-refractivity contribution in [3.05, 3.63) is 17.0 Å². The lowest BCUT2D eigenvalue weighted by Gasteiger charge is -2.25. The maximum Gasteiger partial charge on any atom is 0.224 e. The van der Waals surface area contributed by atoms with E-state index in [1.165, 1.54) is 0 Å². The van der Waals surface area contributed by atoms with Gasteiger partial charge in [0.1, 0.15) is 5.82 Å². The number of aryl methyl sites for hydroxylation is 1. The van der Waals surface area contributed by atoms with E-state index in [4.69, 9.17) is 11.6 Å². The lowest BCUT2D eigenvalue weighted by atomic mass is 9.87. The molecule has 0 spiro atoms. The summed E-state index contributed by atoms with van der Waals surface area (Å²) in [6.07, 6.45) is 5.60. The van der Waals surface area contributed by atoms with Crippen LogP contribution in [0.1, 0.15) is 31.2 Å². The van der Waals surface area contributed by atoms with Gasteiger partial charge in [0.25, 0.3) is 0 Å². The van der Waals surface area contributed by atoms with Crippen molar-refractivity contribution in [2.45, 2.75) is 38.7 Å². The number of nitrogens with one attached hydrogen (secondary N) is 1. The van der Waals surface area contributed by atoms with Gasteiger partial charge < -0.3 is 10.4 Å². The minimum Gasteiger partial charge on any atom is -0.393 e. The summed E-state index contributed by atoms with van der Waals surface area (Å²) in [6, 6.07) is 0. The Bertz CT molecular complexity index is 378. The highest BCUT2D eigenvalue weighted by atomic mass is 35.5. The van der Waals surface area contributed by atoms with Gasteiger partial charge in [0.05, 0.1) is 6.10 Å². The first kappa shape index (κ1) is 12.6. The van der Waals surface area contributed by atoms with Crippen LogP contribution in [0.4, 0.5) is 5.82 Å². The summed E-state index contributed by atoms with van der Waals surface area (Å²) in [7, 11) is 0. The monoisotopic (exact) mass is 255 g/mol. The Kier molecular flexibility index (Phi) is 4.18. The molecule has 1 fully saturated rings. The predicted octanol–water partition coefficient (Wildman–Crippen LogP) is 2.40. The number of aliphatic hydroxyl groups is 1. The number of aliphatic hydroxyl groups excluding tert-OH is 1. The van der Waals surface area contributed by atoms with Crippen LogP contribution in [0.15, 0.2) is 6.20 Å². The molecule has 0 bridgehead atoms. The number of nitrogens with zero attached hydrogens (tertiary/aromatic N) is 2. The van der Waals surface area contributed by atoms with Gasteiger partial charge in [-0.1, -0.05) is 0 Å². The SMILES string of the molecule is Cc1cnc(Cl)nc1NCC1CCC(O)CC1. The minimum atomic E-state index is -0.0959. The quantitative estimate of drug-likeness (QED) is 0.815. The molecule has 5 heteroatoms. The van der Waals surface area contributed by atoms with Crippen LogP contribution in [0.3, 0.4) is 0 Å². The van der Waals surface area contributed by atoms with Gasteiger partial charge in [0.2, 0.25) is 5.28 Å². The summed E-state index contributed by atoms with van der Waals surface area (Å²) >= 11 is 5.76. The average Bonchev–Trinajstić information content (AvgIpc) is 2.32. The number of hydrogen-bond donors (Lipinski definition) is 2. The van der Waals surface area contributed by atoms with E-state index in [2.05, 4.69) is 15.3 Å². The molecule has 17 heavy (non-hydrogen) atoms. The van der Waals surface area contributed by atoms with Crippen molar-refractivity contribution in [2.24, 2.45) is 5.92 Å². The van der Waals surface area contributed by atoms with Crippen molar-refractivity contribution in [1.29, 1.82) is 0 Å². The molecule has 94 valence electrons. The summed E-state index contributed by atoms with van der Waals surface area (Å²) in [4.78, 5) is 8.09. The van der Waals surface area contributed by atoms with Crippen LogP contribution in [0.5, 0.6) is 0 Å². The summed E-state index contributed by atoms with van der Waals surface area (Å²) in [5.74, 6) is 1.43. The molecule has 4 nitrogen and oxygen atoms in total. The molecule has 0 amide bonds. The Morgan fingerprint density at radius 3 is 2.82 bits per heavy atom. The highest BCUT2D eigenvalue weighted by Gasteiger charge is 2.19. The second-order valence-corrected chi connectivity index (χ2v) is 5.06. The van der Waals surface area contributed by atoms with Gasteiger partial charge in [-0.25, -0.2) is 9.97 Å². The molecule has 2 N–H and O–H groups in total. The lowest BCUT2D eigenvalue weighted by Crippen LogP contribution is -2.24. The van der Waals surface area contributed by atoms with E-state index in [-0.39, 0.29) is 11.4 Å². The maximum absolute atomic E-state index is 9.43. The zero-order valence-electron chi connectivity index (χ0n) is 9.99. The molecule has 1 aliphatic carbocycles. The van der Waals surface area contributed by atoms with Crippen molar-refractivity contribution in [1.82, 2.24) is 9.97 Å². The summed E-state index contributed by atoms with van der Waals surface area (Å²) in [5, 5.41) is 13.0. The molecular weight excluding hydrogens is 238 g/mol. The number of anilines is 1. The molecule has 0 aromatic carbocycles. The summed E-state index contributed by atoms with van der Waals surface area (Å²) in [5.41, 5.74) is 1.00. The molecule has 0 saturated heterocycles. The van der Waals surface area contributed by atoms with E-state index in [0.717, 1.165) is 43.6 Å². The molecule has 1 aromatic heterocycles. The third-order valence-electron chi connectivity index (χ3n) is 3.32.